The number of nitrogens with zero attached hydrogens (tertiary/aromatic N) is 2. The van der Waals surface area contributed by atoms with Crippen molar-refractivity contribution in [2.24, 2.45) is 0 Å². The van der Waals surface area contributed by atoms with Gasteiger partial charge in [-0.05, 0) is 77.2 Å². The van der Waals surface area contributed by atoms with Crippen LogP contribution in [0.3, 0.4) is 0 Å². The molecule has 250 valence electrons. The minimum atomic E-state index is -0.325. The van der Waals surface area contributed by atoms with Gasteiger partial charge >= 0.3 is 0 Å². The van der Waals surface area contributed by atoms with Crippen molar-refractivity contribution >= 4 is 104 Å². The summed E-state index contributed by atoms with van der Waals surface area (Å²) in [4.78, 5) is 14.0. The lowest BCUT2D eigenvalue weighted by molar-refractivity contribution is 0.669. The number of benzene rings is 8. The number of pyridine rings is 1. The van der Waals surface area contributed by atoms with Crippen LogP contribution in [0.5, 0.6) is 0 Å². The van der Waals surface area contributed by atoms with E-state index in [2.05, 4.69) is 65.2 Å². The summed E-state index contributed by atoms with van der Waals surface area (Å²) >= 11 is 0. The Labute approximate surface area is 311 Å². The van der Waals surface area contributed by atoms with Gasteiger partial charge < -0.3 is 13.4 Å². The number of fused-ring (bicyclic) bond motifs is 15. The molecule has 0 N–H and O–H groups in total. The molecule has 0 saturated heterocycles. The van der Waals surface area contributed by atoms with Gasteiger partial charge in [-0.15, -0.1) is 0 Å². The van der Waals surface area contributed by atoms with E-state index in [-0.39, 0.29) is 35.3 Å². The van der Waals surface area contributed by atoms with Crippen molar-refractivity contribution in [1.82, 2.24) is 8.97 Å². The Kier molecular flexibility index (Phi) is 4.56. The largest absolute Gasteiger partial charge is 0.456 e. The van der Waals surface area contributed by atoms with Crippen LogP contribution in [-0.4, -0.2) is 8.97 Å². The average Bonchev–Trinajstić information content (AvgIpc) is 4.02. The Morgan fingerprint density at radius 2 is 1.24 bits per heavy atom. The van der Waals surface area contributed by atoms with Crippen molar-refractivity contribution in [3.8, 4) is 16.8 Å². The fraction of sp³-hybridized carbons (Fsp3) is 0. The van der Waals surface area contributed by atoms with Gasteiger partial charge in [0.15, 0.2) is 5.58 Å². The highest BCUT2D eigenvalue weighted by molar-refractivity contribution is 6.23. The number of aromatic nitrogens is 2. The van der Waals surface area contributed by atoms with Crippen molar-refractivity contribution < 1.29 is 14.3 Å². The van der Waals surface area contributed by atoms with Gasteiger partial charge in [-0.2, -0.15) is 0 Å². The molecule has 0 spiro atoms. The highest BCUT2D eigenvalue weighted by Gasteiger charge is 2.22. The molecule has 0 radical (unpaired) electrons. The molecular weight excluding hydrogens is 665 g/mol. The van der Waals surface area contributed by atoms with Gasteiger partial charge in [0.05, 0.1) is 27.5 Å². The van der Waals surface area contributed by atoms with Gasteiger partial charge in [0.25, 0.3) is 5.56 Å². The zero-order valence-electron chi connectivity index (χ0n) is 32.3. The molecule has 5 aromatic heterocycles. The fourth-order valence-electron chi connectivity index (χ4n) is 9.15. The summed E-state index contributed by atoms with van der Waals surface area (Å²) in [6.45, 7) is 0. The molecule has 0 saturated carbocycles. The topological polar surface area (TPSA) is 52.7 Å². The van der Waals surface area contributed by atoms with E-state index in [1.54, 1.807) is 0 Å². The lowest BCUT2D eigenvalue weighted by Crippen LogP contribution is -2.12. The van der Waals surface area contributed by atoms with Crippen molar-refractivity contribution in [3.05, 3.63) is 168 Å². The zero-order valence-corrected chi connectivity index (χ0v) is 28.3. The number of rotatable bonds is 2. The molecule has 0 unspecified atom stereocenters. The second kappa shape index (κ2) is 9.94. The summed E-state index contributed by atoms with van der Waals surface area (Å²) in [7, 11) is 0. The van der Waals surface area contributed by atoms with Gasteiger partial charge in [-0.25, -0.2) is 0 Å². The molecule has 8 aromatic carbocycles. The van der Waals surface area contributed by atoms with Crippen LogP contribution < -0.4 is 5.56 Å². The zero-order chi connectivity index (χ0) is 38.7. The molecule has 0 atom stereocenters. The van der Waals surface area contributed by atoms with Crippen LogP contribution >= 0.6 is 0 Å². The lowest BCUT2D eigenvalue weighted by atomic mass is 9.97. The maximum absolute atomic E-state index is 14.0. The standard InChI is InChI=1S/C49H26N2O3/c52-49-37-12-2-1-9-30(37)33-14-7-15-34-38-25-27(19-23-41(38)51(49)46(33)34)29-13-8-18-44-45(29)39-26-28(20-24-43(39)53-44)50-40-16-5-3-10-31(40)35-21-22-36-32-11-4-6-17-42(32)54-48(36)47(35)50/h1-26H/i4D,6D,11D,17D. The predicted octanol–water partition coefficient (Wildman–Crippen LogP) is 12.8. The van der Waals surface area contributed by atoms with Crippen LogP contribution in [0.25, 0.3) is 120 Å². The maximum atomic E-state index is 14.0. The van der Waals surface area contributed by atoms with Crippen molar-refractivity contribution in [2.45, 2.75) is 0 Å². The van der Waals surface area contributed by atoms with Gasteiger partial charge in [0.1, 0.15) is 16.7 Å². The number of para-hydroxylation sites is 3. The summed E-state index contributed by atoms with van der Waals surface area (Å²) in [5, 5.41) is 9.58. The van der Waals surface area contributed by atoms with Crippen LogP contribution in [0.4, 0.5) is 0 Å². The SMILES string of the molecule is [2H]c1c([2H])c([2H])c2c(oc3c2ccc2c4ccccc4n(-c4ccc5oc6cccc(-c7ccc8c(c7)c7cccc9c%10ccccc%10c(=O)n8c97)c6c5c4)c23)c1[2H]. The van der Waals surface area contributed by atoms with Crippen LogP contribution in [-0.2, 0) is 0 Å². The van der Waals surface area contributed by atoms with E-state index in [9.17, 15) is 4.79 Å². The number of furan rings is 2. The predicted molar refractivity (Wildman–Crippen MR) is 222 cm³/mol. The maximum Gasteiger partial charge on any atom is 0.263 e. The quantitative estimate of drug-likeness (QED) is 0.169. The van der Waals surface area contributed by atoms with E-state index in [1.165, 1.54) is 0 Å². The van der Waals surface area contributed by atoms with Gasteiger partial charge in [0, 0.05) is 59.5 Å². The van der Waals surface area contributed by atoms with E-state index < -0.39 is 0 Å². The Bertz CT molecular complexity index is 4060. The Balaban J connectivity index is 1.08. The van der Waals surface area contributed by atoms with Gasteiger partial charge in [-0.1, -0.05) is 97.0 Å². The highest BCUT2D eigenvalue weighted by atomic mass is 16.3. The molecule has 5 nitrogen and oxygen atoms in total. The molecule has 0 bridgehead atoms. The first-order valence-electron chi connectivity index (χ1n) is 19.9. The molecule has 0 aliphatic carbocycles. The van der Waals surface area contributed by atoms with Crippen molar-refractivity contribution in [2.75, 3.05) is 0 Å². The molecular formula is C49H26N2O3. The van der Waals surface area contributed by atoms with Gasteiger partial charge in [0.2, 0.25) is 0 Å². The lowest BCUT2D eigenvalue weighted by Gasteiger charge is -2.09. The van der Waals surface area contributed by atoms with E-state index in [1.807, 2.05) is 77.2 Å². The molecule has 5 heterocycles. The van der Waals surface area contributed by atoms with Crippen LogP contribution in [0.15, 0.2) is 171 Å². The first-order valence-corrected chi connectivity index (χ1v) is 17.9. The smallest absolute Gasteiger partial charge is 0.263 e. The third-order valence-electron chi connectivity index (χ3n) is 11.4. The van der Waals surface area contributed by atoms with E-state index >= 15 is 0 Å². The Hall–Kier alpha value is -7.37. The summed E-state index contributed by atoms with van der Waals surface area (Å²) < 4.78 is 51.1. The molecule has 13 rings (SSSR count). The fourth-order valence-corrected chi connectivity index (χ4v) is 9.15. The molecule has 0 aliphatic rings. The average molecular weight is 695 g/mol. The third-order valence-corrected chi connectivity index (χ3v) is 11.4. The Morgan fingerprint density at radius 3 is 2.17 bits per heavy atom. The minimum Gasteiger partial charge on any atom is -0.456 e. The first-order chi connectivity index (χ1) is 28.4. The summed E-state index contributed by atoms with van der Waals surface area (Å²) in [5.74, 6) is 0. The van der Waals surface area contributed by atoms with Crippen LogP contribution in [0, 0.1) is 0 Å². The molecule has 54 heavy (non-hydrogen) atoms. The molecule has 0 aliphatic heterocycles. The molecule has 5 heteroatoms. The second-order valence-corrected chi connectivity index (χ2v) is 14.1. The Morgan fingerprint density at radius 1 is 0.481 bits per heavy atom. The summed E-state index contributed by atoms with van der Waals surface area (Å²) in [6.07, 6.45) is 0. The van der Waals surface area contributed by atoms with E-state index in [4.69, 9.17) is 14.3 Å². The monoisotopic (exact) mass is 694 g/mol. The third kappa shape index (κ3) is 3.46. The first kappa shape index (κ1) is 24.8. The van der Waals surface area contributed by atoms with Gasteiger partial charge in [-0.3, -0.25) is 9.20 Å². The van der Waals surface area contributed by atoms with E-state index in [0.29, 0.717) is 21.7 Å². The van der Waals surface area contributed by atoms with E-state index in [0.717, 1.165) is 93.1 Å². The number of hydrogen-bond acceptors (Lipinski definition) is 3. The second-order valence-electron chi connectivity index (χ2n) is 14.1. The van der Waals surface area contributed by atoms with Crippen LogP contribution in [0.2, 0.25) is 0 Å². The van der Waals surface area contributed by atoms with Crippen molar-refractivity contribution in [1.29, 1.82) is 0 Å². The van der Waals surface area contributed by atoms with Crippen LogP contribution in [0.1, 0.15) is 5.48 Å². The summed E-state index contributed by atoms with van der Waals surface area (Å²) in [5.41, 5.74) is 8.49. The minimum absolute atomic E-state index is 0.0231. The summed E-state index contributed by atoms with van der Waals surface area (Å²) in [6, 6.07) is 43.8. The normalized spacial score (nSPS) is 13.6. The highest BCUT2D eigenvalue weighted by Crippen LogP contribution is 2.43. The van der Waals surface area contributed by atoms with Crippen molar-refractivity contribution in [3.63, 3.8) is 0 Å². The molecule has 0 amide bonds. The molecule has 13 aromatic rings. The number of hydrogen-bond donors (Lipinski definition) is 0. The molecule has 0 fully saturated rings.